The van der Waals surface area contributed by atoms with Crippen molar-refractivity contribution in [3.63, 3.8) is 0 Å². The maximum atomic E-state index is 13.6. The fourth-order valence-electron chi connectivity index (χ4n) is 3.89. The Labute approximate surface area is 245 Å². The van der Waals surface area contributed by atoms with Crippen molar-refractivity contribution >= 4 is 40.1 Å². The third kappa shape index (κ3) is 8.73. The highest BCUT2D eigenvalue weighted by Crippen LogP contribution is 2.29. The Kier molecular flexibility index (Phi) is 9.49. The van der Waals surface area contributed by atoms with Gasteiger partial charge in [0.1, 0.15) is 11.3 Å². The van der Waals surface area contributed by atoms with Gasteiger partial charge in [0.2, 0.25) is 15.9 Å². The molecule has 0 spiro atoms. The molecular formula is C28H30F3N5O6S. The van der Waals surface area contributed by atoms with Crippen LogP contribution in [0.15, 0.2) is 52.3 Å². The van der Waals surface area contributed by atoms with E-state index in [1.54, 1.807) is 34.6 Å². The van der Waals surface area contributed by atoms with E-state index in [-0.39, 0.29) is 29.2 Å². The summed E-state index contributed by atoms with van der Waals surface area (Å²) in [6.07, 6.45) is -5.65. The number of hydrogen-bond donors (Lipinski definition) is 2. The van der Waals surface area contributed by atoms with Crippen LogP contribution in [0.25, 0.3) is 5.82 Å². The van der Waals surface area contributed by atoms with Crippen molar-refractivity contribution in [2.24, 2.45) is 4.99 Å². The fourth-order valence-corrected chi connectivity index (χ4v) is 5.09. The molecule has 2 heterocycles. The van der Waals surface area contributed by atoms with Gasteiger partial charge in [0.25, 0.3) is 5.56 Å². The summed E-state index contributed by atoms with van der Waals surface area (Å²) in [5.41, 5.74) is -1.97. The number of hydrogen-bond acceptors (Lipinski definition) is 7. The smallest absolute Gasteiger partial charge is 0.416 e. The first-order valence-electron chi connectivity index (χ1n) is 12.7. The predicted octanol–water partition coefficient (Wildman–Crippen LogP) is 4.93. The van der Waals surface area contributed by atoms with Crippen molar-refractivity contribution in [1.82, 2.24) is 9.55 Å². The van der Waals surface area contributed by atoms with Crippen LogP contribution in [-0.4, -0.2) is 42.3 Å². The Morgan fingerprint density at radius 3 is 2.23 bits per heavy atom. The summed E-state index contributed by atoms with van der Waals surface area (Å²) in [5.74, 6) is -1.35. The van der Waals surface area contributed by atoms with Gasteiger partial charge in [-0.1, -0.05) is 12.1 Å². The second kappa shape index (κ2) is 12.4. The topological polar surface area (TPSA) is 149 Å². The van der Waals surface area contributed by atoms with E-state index in [1.165, 1.54) is 18.2 Å². The highest BCUT2D eigenvalue weighted by molar-refractivity contribution is 7.91. The number of carbonyl (C=O) groups is 2. The summed E-state index contributed by atoms with van der Waals surface area (Å²) in [6, 6.07) is 7.69. The van der Waals surface area contributed by atoms with Gasteiger partial charge in [0.05, 0.1) is 23.4 Å². The van der Waals surface area contributed by atoms with Crippen molar-refractivity contribution in [2.45, 2.75) is 58.6 Å². The van der Waals surface area contributed by atoms with Gasteiger partial charge in [-0.25, -0.2) is 23.2 Å². The number of aliphatic imine (C=N–C) groups is 1. The Morgan fingerprint density at radius 1 is 1.05 bits per heavy atom. The maximum Gasteiger partial charge on any atom is 0.416 e. The first kappa shape index (κ1) is 33.0. The molecule has 230 valence electrons. The van der Waals surface area contributed by atoms with Crippen molar-refractivity contribution < 1.29 is 35.9 Å². The van der Waals surface area contributed by atoms with Crippen molar-refractivity contribution in [2.75, 3.05) is 10.0 Å². The maximum absolute atomic E-state index is 13.6. The highest BCUT2D eigenvalue weighted by atomic mass is 32.2. The molecule has 15 heteroatoms. The number of nitrogens with one attached hydrogen (secondary N) is 2. The van der Waals surface area contributed by atoms with Gasteiger partial charge in [-0.3, -0.25) is 24.2 Å². The molecule has 1 aromatic carbocycles. The number of aromatic nitrogens is 2. The number of halogens is 3. The predicted molar refractivity (Wildman–Crippen MR) is 155 cm³/mol. The molecule has 0 unspecified atom stereocenters. The zero-order valence-electron chi connectivity index (χ0n) is 24.0. The fraction of sp³-hybridized carbons (Fsp3) is 0.321. The minimum atomic E-state index is -4.58. The third-order valence-corrected chi connectivity index (χ3v) is 7.09. The number of nitrogens with zero attached hydrogens (tertiary/aromatic N) is 3. The van der Waals surface area contributed by atoms with Gasteiger partial charge in [0, 0.05) is 11.4 Å². The number of benzene rings is 1. The van der Waals surface area contributed by atoms with Gasteiger partial charge in [-0.05, 0) is 82.8 Å². The summed E-state index contributed by atoms with van der Waals surface area (Å²) in [6.45, 7) is 11.3. The Morgan fingerprint density at radius 2 is 1.67 bits per heavy atom. The van der Waals surface area contributed by atoms with Crippen LogP contribution in [-0.2, 0) is 37.9 Å². The van der Waals surface area contributed by atoms with Crippen molar-refractivity contribution in [3.8, 4) is 5.82 Å². The Balaban J connectivity index is 2.05. The summed E-state index contributed by atoms with van der Waals surface area (Å²) in [5, 5.41) is 2.53. The van der Waals surface area contributed by atoms with E-state index >= 15 is 0 Å². The van der Waals surface area contributed by atoms with Gasteiger partial charge in [-0.2, -0.15) is 13.2 Å². The normalized spacial score (nSPS) is 12.0. The molecule has 11 nitrogen and oxygen atoms in total. The molecule has 0 atom stereocenters. The lowest BCUT2D eigenvalue weighted by atomic mass is 10.1. The Bertz CT molecular complexity index is 1730. The standard InChI is InChI=1S/C28H30F3N5O6S/c1-16-7-12-21(35-43(40,41)15-18-8-10-20(11-9-18)28(29,30)31)25(38)36(16)24-22(34-26(39)42-27(3,4)5)13-19(17(2)33-24)14-23(37)32-6/h7-13,35H,6,14-15H2,1-5H3,(H,34,39). The number of sulfonamides is 1. The van der Waals surface area contributed by atoms with Crippen LogP contribution >= 0.6 is 0 Å². The molecule has 3 rings (SSSR count). The zero-order valence-corrected chi connectivity index (χ0v) is 24.8. The number of pyridine rings is 2. The summed E-state index contributed by atoms with van der Waals surface area (Å²) in [4.78, 5) is 46.0. The quantitative estimate of drug-likeness (QED) is 0.339. The van der Waals surface area contributed by atoms with E-state index in [0.717, 1.165) is 28.8 Å². The molecule has 0 aliphatic rings. The number of carbonyl (C=O) groups excluding carboxylic acids is 2. The second-order valence-electron chi connectivity index (χ2n) is 10.5. The number of alkyl halides is 3. The number of rotatable bonds is 8. The van der Waals surface area contributed by atoms with E-state index < -0.39 is 50.7 Å². The molecule has 0 bridgehead atoms. The van der Waals surface area contributed by atoms with Crippen LogP contribution in [0, 0.1) is 13.8 Å². The molecule has 2 amide bonds. The average Bonchev–Trinajstić information content (AvgIpc) is 2.86. The van der Waals surface area contributed by atoms with Crippen LogP contribution in [0.2, 0.25) is 0 Å². The summed E-state index contributed by atoms with van der Waals surface area (Å²) in [7, 11) is -4.26. The van der Waals surface area contributed by atoms with Crippen LogP contribution < -0.4 is 15.6 Å². The molecule has 0 aliphatic carbocycles. The van der Waals surface area contributed by atoms with Crippen LogP contribution in [0.1, 0.15) is 48.8 Å². The van der Waals surface area contributed by atoms with Crippen molar-refractivity contribution in [1.29, 1.82) is 0 Å². The van der Waals surface area contributed by atoms with E-state index in [4.69, 9.17) is 4.74 Å². The van der Waals surface area contributed by atoms with Gasteiger partial charge in [0.15, 0.2) is 5.82 Å². The lowest BCUT2D eigenvalue weighted by molar-refractivity contribution is -0.137. The van der Waals surface area contributed by atoms with E-state index in [1.807, 2.05) is 0 Å². The van der Waals surface area contributed by atoms with Crippen LogP contribution in [0.5, 0.6) is 0 Å². The summed E-state index contributed by atoms with van der Waals surface area (Å²) >= 11 is 0. The average molecular weight is 622 g/mol. The molecule has 0 aliphatic heterocycles. The monoisotopic (exact) mass is 621 g/mol. The molecule has 0 saturated carbocycles. The minimum Gasteiger partial charge on any atom is -0.444 e. The molecule has 0 fully saturated rings. The third-order valence-electron chi connectivity index (χ3n) is 5.84. The van der Waals surface area contributed by atoms with Gasteiger partial charge < -0.3 is 4.74 Å². The molecule has 0 radical (unpaired) electrons. The Hall–Kier alpha value is -4.53. The minimum absolute atomic E-state index is 0.0123. The SMILES string of the molecule is C=NC(=O)Cc1cc(NC(=O)OC(C)(C)C)c(-n2c(C)ccc(NS(=O)(=O)Cc3ccc(C(F)(F)F)cc3)c2=O)nc1C. The number of amides is 2. The lowest BCUT2D eigenvalue weighted by Crippen LogP contribution is -2.30. The molecule has 2 aromatic heterocycles. The molecule has 43 heavy (non-hydrogen) atoms. The molecule has 3 aromatic rings. The first-order chi connectivity index (χ1) is 19.8. The molecule has 2 N–H and O–H groups in total. The largest absolute Gasteiger partial charge is 0.444 e. The van der Waals surface area contributed by atoms with Gasteiger partial charge in [-0.15, -0.1) is 0 Å². The number of anilines is 2. The van der Waals surface area contributed by atoms with E-state index in [0.29, 0.717) is 17.0 Å². The van der Waals surface area contributed by atoms with E-state index in [9.17, 15) is 36.0 Å². The zero-order chi connectivity index (χ0) is 32.3. The highest BCUT2D eigenvalue weighted by Gasteiger charge is 2.30. The molecular weight excluding hydrogens is 591 g/mol. The lowest BCUT2D eigenvalue weighted by Gasteiger charge is -2.22. The first-order valence-corrected chi connectivity index (χ1v) is 14.3. The van der Waals surface area contributed by atoms with Gasteiger partial charge >= 0.3 is 12.3 Å². The second-order valence-corrected chi connectivity index (χ2v) is 12.3. The van der Waals surface area contributed by atoms with Crippen LogP contribution in [0.3, 0.4) is 0 Å². The summed E-state index contributed by atoms with van der Waals surface area (Å²) < 4.78 is 73.0. The van der Waals surface area contributed by atoms with Crippen LogP contribution in [0.4, 0.5) is 29.3 Å². The van der Waals surface area contributed by atoms with E-state index in [2.05, 4.69) is 26.7 Å². The number of ether oxygens (including phenoxy) is 1. The van der Waals surface area contributed by atoms with Crippen molar-refractivity contribution in [3.05, 3.63) is 80.9 Å². The molecule has 0 saturated heterocycles. The number of aryl methyl sites for hydroxylation is 2.